The van der Waals surface area contributed by atoms with Crippen molar-refractivity contribution < 1.29 is 0 Å². The molecule has 0 radical (unpaired) electrons. The summed E-state index contributed by atoms with van der Waals surface area (Å²) in [6.07, 6.45) is 3.05. The Morgan fingerprint density at radius 1 is 1.46 bits per heavy atom. The van der Waals surface area contributed by atoms with Crippen LogP contribution < -0.4 is 5.73 Å². The van der Waals surface area contributed by atoms with Gasteiger partial charge >= 0.3 is 0 Å². The molecule has 0 saturated carbocycles. The number of rotatable bonds is 1. The van der Waals surface area contributed by atoms with Crippen molar-refractivity contribution >= 4 is 5.69 Å². The second kappa shape index (κ2) is 2.58. The fourth-order valence-corrected chi connectivity index (χ4v) is 1.25. The summed E-state index contributed by atoms with van der Waals surface area (Å²) < 4.78 is 3.27. The normalized spacial score (nSPS) is 10.6. The minimum Gasteiger partial charge on any atom is -0.394 e. The van der Waals surface area contributed by atoms with Crippen LogP contribution in [0.3, 0.4) is 0 Å². The number of nitrogen functional groups attached to an aromatic ring is 1. The van der Waals surface area contributed by atoms with Gasteiger partial charge in [0.1, 0.15) is 12.7 Å². The van der Waals surface area contributed by atoms with Gasteiger partial charge in [-0.15, -0.1) is 0 Å². The number of nitrogens with two attached hydrogens (primary N) is 1. The fourth-order valence-electron chi connectivity index (χ4n) is 1.25. The highest BCUT2D eigenvalue weighted by Crippen LogP contribution is 2.17. The van der Waals surface area contributed by atoms with Crippen molar-refractivity contribution in [1.29, 1.82) is 0 Å². The van der Waals surface area contributed by atoms with E-state index in [1.165, 1.54) is 6.33 Å². The van der Waals surface area contributed by atoms with Crippen LogP contribution in [0.15, 0.2) is 12.7 Å². The van der Waals surface area contributed by atoms with E-state index < -0.39 is 0 Å². The van der Waals surface area contributed by atoms with Crippen LogP contribution in [0.2, 0.25) is 0 Å². The Hall–Kier alpha value is -1.85. The van der Waals surface area contributed by atoms with Crippen LogP contribution in [0.4, 0.5) is 5.69 Å². The largest absolute Gasteiger partial charge is 0.394 e. The van der Waals surface area contributed by atoms with Crippen molar-refractivity contribution in [2.45, 2.75) is 6.92 Å². The van der Waals surface area contributed by atoms with Gasteiger partial charge < -0.3 is 5.73 Å². The molecule has 0 amide bonds. The van der Waals surface area contributed by atoms with Crippen molar-refractivity contribution in [3.8, 4) is 5.82 Å². The van der Waals surface area contributed by atoms with Gasteiger partial charge in [-0.3, -0.25) is 0 Å². The van der Waals surface area contributed by atoms with Crippen LogP contribution >= 0.6 is 0 Å². The first kappa shape index (κ1) is 7.78. The predicted octanol–water partition coefficient (Wildman–Crippen LogP) is -0.109. The Bertz CT molecular complexity index is 412. The maximum Gasteiger partial charge on any atom is 0.177 e. The summed E-state index contributed by atoms with van der Waals surface area (Å²) in [5, 5.41) is 8.16. The second-order valence-corrected chi connectivity index (χ2v) is 2.79. The zero-order valence-electron chi connectivity index (χ0n) is 7.47. The van der Waals surface area contributed by atoms with Crippen LogP contribution in [0.25, 0.3) is 5.82 Å². The number of aromatic nitrogens is 5. The lowest BCUT2D eigenvalue weighted by Gasteiger charge is -2.00. The number of nitrogens with zero attached hydrogens (tertiary/aromatic N) is 5. The molecule has 6 nitrogen and oxygen atoms in total. The van der Waals surface area contributed by atoms with E-state index >= 15 is 0 Å². The molecule has 6 heteroatoms. The van der Waals surface area contributed by atoms with Crippen LogP contribution in [0, 0.1) is 6.92 Å². The van der Waals surface area contributed by atoms with Gasteiger partial charge in [0, 0.05) is 7.05 Å². The number of anilines is 1. The molecule has 0 aliphatic carbocycles. The van der Waals surface area contributed by atoms with E-state index in [-0.39, 0.29) is 0 Å². The Labute approximate surface area is 75.0 Å². The van der Waals surface area contributed by atoms with Gasteiger partial charge in [-0.25, -0.2) is 14.3 Å². The van der Waals surface area contributed by atoms with Gasteiger partial charge in [0.15, 0.2) is 5.82 Å². The fraction of sp³-hybridized carbons (Fsp3) is 0.286. The Kier molecular flexibility index (Phi) is 1.54. The number of aryl methyl sites for hydroxylation is 2. The minimum absolute atomic E-state index is 0.632. The first-order chi connectivity index (χ1) is 6.20. The van der Waals surface area contributed by atoms with E-state index in [1.54, 1.807) is 15.7 Å². The minimum atomic E-state index is 0.632. The third-order valence-corrected chi connectivity index (χ3v) is 1.87. The predicted molar refractivity (Wildman–Crippen MR) is 47.3 cm³/mol. The van der Waals surface area contributed by atoms with Crippen LogP contribution in [-0.4, -0.2) is 24.5 Å². The van der Waals surface area contributed by atoms with Crippen molar-refractivity contribution in [2.75, 3.05) is 5.73 Å². The molecular weight excluding hydrogens is 168 g/mol. The zero-order valence-corrected chi connectivity index (χ0v) is 7.47. The highest BCUT2D eigenvalue weighted by atomic mass is 15.4. The average molecular weight is 178 g/mol. The van der Waals surface area contributed by atoms with E-state index in [9.17, 15) is 0 Å². The zero-order chi connectivity index (χ0) is 9.42. The van der Waals surface area contributed by atoms with Gasteiger partial charge in [0.05, 0.1) is 11.4 Å². The Morgan fingerprint density at radius 3 is 2.69 bits per heavy atom. The molecule has 2 rings (SSSR count). The van der Waals surface area contributed by atoms with Crippen molar-refractivity contribution in [2.24, 2.45) is 7.05 Å². The third kappa shape index (κ3) is 1.07. The molecule has 0 saturated heterocycles. The number of hydrogen-bond donors (Lipinski definition) is 1. The van der Waals surface area contributed by atoms with E-state index in [1.807, 2.05) is 14.0 Å². The summed E-state index contributed by atoms with van der Waals surface area (Å²) in [5.41, 5.74) is 7.25. The molecule has 0 bridgehead atoms. The number of hydrogen-bond acceptors (Lipinski definition) is 4. The van der Waals surface area contributed by atoms with Crippen LogP contribution in [-0.2, 0) is 7.05 Å². The lowest BCUT2D eigenvalue weighted by Crippen LogP contribution is -2.05. The average Bonchev–Trinajstić information content (AvgIpc) is 2.63. The molecule has 0 atom stereocenters. The first-order valence-corrected chi connectivity index (χ1v) is 3.84. The topological polar surface area (TPSA) is 74.5 Å². The molecule has 2 aromatic heterocycles. The Morgan fingerprint density at radius 2 is 2.23 bits per heavy atom. The summed E-state index contributed by atoms with van der Waals surface area (Å²) in [6, 6.07) is 0. The third-order valence-electron chi connectivity index (χ3n) is 1.87. The molecule has 0 aliphatic heterocycles. The second-order valence-electron chi connectivity index (χ2n) is 2.79. The summed E-state index contributed by atoms with van der Waals surface area (Å²) in [5.74, 6) is 0.745. The molecule has 68 valence electrons. The SMILES string of the molecule is Cc1nn(C)c(-n2cncn2)c1N. The maximum absolute atomic E-state index is 5.82. The van der Waals surface area contributed by atoms with Crippen molar-refractivity contribution in [1.82, 2.24) is 24.5 Å². The van der Waals surface area contributed by atoms with Crippen LogP contribution in [0.5, 0.6) is 0 Å². The molecular formula is C7H10N6. The lowest BCUT2D eigenvalue weighted by molar-refractivity contribution is 0.694. The monoisotopic (exact) mass is 178 g/mol. The van der Waals surface area contributed by atoms with Gasteiger partial charge in [-0.2, -0.15) is 10.2 Å². The Balaban J connectivity index is 2.64. The lowest BCUT2D eigenvalue weighted by atomic mass is 10.4. The maximum atomic E-state index is 5.82. The molecule has 0 unspecified atom stereocenters. The smallest absolute Gasteiger partial charge is 0.177 e. The van der Waals surface area contributed by atoms with Crippen molar-refractivity contribution in [3.05, 3.63) is 18.3 Å². The molecule has 0 spiro atoms. The summed E-state index contributed by atoms with van der Waals surface area (Å²) in [7, 11) is 1.82. The molecule has 0 fully saturated rings. The van der Waals surface area contributed by atoms with E-state index in [4.69, 9.17) is 5.73 Å². The van der Waals surface area contributed by atoms with E-state index in [0.29, 0.717) is 5.69 Å². The highest BCUT2D eigenvalue weighted by Gasteiger charge is 2.11. The van der Waals surface area contributed by atoms with Gasteiger partial charge in [-0.1, -0.05) is 0 Å². The molecule has 0 aromatic carbocycles. The summed E-state index contributed by atoms with van der Waals surface area (Å²) in [6.45, 7) is 1.86. The standard InChI is InChI=1S/C7H10N6/c1-5-6(8)7(12(2)11-5)13-4-9-3-10-13/h3-4H,8H2,1-2H3. The molecule has 13 heavy (non-hydrogen) atoms. The molecule has 2 N–H and O–H groups in total. The first-order valence-electron chi connectivity index (χ1n) is 3.84. The molecule has 0 aliphatic rings. The van der Waals surface area contributed by atoms with Crippen molar-refractivity contribution in [3.63, 3.8) is 0 Å². The quantitative estimate of drug-likeness (QED) is 0.661. The molecule has 2 aromatic rings. The van der Waals surface area contributed by atoms with E-state index in [2.05, 4.69) is 15.2 Å². The molecule has 2 heterocycles. The van der Waals surface area contributed by atoms with Gasteiger partial charge in [0.25, 0.3) is 0 Å². The summed E-state index contributed by atoms with van der Waals surface area (Å²) in [4.78, 5) is 3.85. The van der Waals surface area contributed by atoms with Crippen LogP contribution in [0.1, 0.15) is 5.69 Å². The van der Waals surface area contributed by atoms with Gasteiger partial charge in [-0.05, 0) is 6.92 Å². The van der Waals surface area contributed by atoms with Gasteiger partial charge in [0.2, 0.25) is 0 Å². The highest BCUT2D eigenvalue weighted by molar-refractivity contribution is 5.56. The summed E-state index contributed by atoms with van der Waals surface area (Å²) >= 11 is 0. The van der Waals surface area contributed by atoms with E-state index in [0.717, 1.165) is 11.5 Å².